The maximum Gasteiger partial charge on any atom is 0.258 e. The highest BCUT2D eigenvalue weighted by Gasteiger charge is 2.05. The first-order chi connectivity index (χ1) is 10.0. The minimum absolute atomic E-state index is 0.149. The van der Waals surface area contributed by atoms with Gasteiger partial charge in [0, 0.05) is 12.6 Å². The van der Waals surface area contributed by atoms with Crippen molar-refractivity contribution in [3.05, 3.63) is 29.6 Å². The van der Waals surface area contributed by atoms with Crippen LogP contribution in [0.25, 0.3) is 0 Å². The van der Waals surface area contributed by atoms with Crippen LogP contribution >= 0.6 is 0 Å². The Morgan fingerprint density at radius 1 is 1.43 bits per heavy atom. The van der Waals surface area contributed by atoms with Crippen LogP contribution in [0.15, 0.2) is 18.2 Å². The predicted octanol–water partition coefficient (Wildman–Crippen LogP) is 1.70. The van der Waals surface area contributed by atoms with Gasteiger partial charge in [0.2, 0.25) is 0 Å². The van der Waals surface area contributed by atoms with E-state index in [9.17, 15) is 9.18 Å². The quantitative estimate of drug-likeness (QED) is 0.717. The standard InChI is InChI=1S/C16H21FN2O2/c1-4-5-19-16(20)11-21-15-7-13(6-14(17)8-15)10-18-9-12(2)3/h1,6-8,12,18H,5,9-11H2,2-3H3,(H,19,20). The first kappa shape index (κ1) is 17.0. The molecular weight excluding hydrogens is 271 g/mol. The number of hydrogen-bond donors (Lipinski definition) is 2. The summed E-state index contributed by atoms with van der Waals surface area (Å²) < 4.78 is 18.8. The largest absolute Gasteiger partial charge is 0.484 e. The zero-order chi connectivity index (χ0) is 15.7. The van der Waals surface area contributed by atoms with E-state index in [0.717, 1.165) is 12.1 Å². The second-order valence-corrected chi connectivity index (χ2v) is 5.09. The second-order valence-electron chi connectivity index (χ2n) is 5.09. The monoisotopic (exact) mass is 292 g/mol. The Bertz CT molecular complexity index is 509. The number of carbonyl (C=O) groups excluding carboxylic acids is 1. The minimum Gasteiger partial charge on any atom is -0.484 e. The Hall–Kier alpha value is -2.06. The number of carbonyl (C=O) groups is 1. The molecule has 0 atom stereocenters. The number of hydrogen-bond acceptors (Lipinski definition) is 3. The summed E-state index contributed by atoms with van der Waals surface area (Å²) >= 11 is 0. The Labute approximate surface area is 125 Å². The van der Waals surface area contributed by atoms with E-state index in [-0.39, 0.29) is 19.1 Å². The van der Waals surface area contributed by atoms with E-state index >= 15 is 0 Å². The summed E-state index contributed by atoms with van der Waals surface area (Å²) in [5.41, 5.74) is 0.773. The van der Waals surface area contributed by atoms with Gasteiger partial charge in [-0.1, -0.05) is 19.8 Å². The molecule has 1 rings (SSSR count). The van der Waals surface area contributed by atoms with Crippen molar-refractivity contribution in [3.8, 4) is 18.1 Å². The van der Waals surface area contributed by atoms with Crippen LogP contribution < -0.4 is 15.4 Å². The van der Waals surface area contributed by atoms with Gasteiger partial charge >= 0.3 is 0 Å². The molecule has 4 nitrogen and oxygen atoms in total. The molecule has 0 aliphatic heterocycles. The maximum atomic E-state index is 13.5. The zero-order valence-electron chi connectivity index (χ0n) is 12.4. The molecule has 0 aromatic heterocycles. The molecular formula is C16H21FN2O2. The normalized spacial score (nSPS) is 10.2. The summed E-state index contributed by atoms with van der Waals surface area (Å²) in [6.45, 7) is 5.56. The van der Waals surface area contributed by atoms with Crippen LogP contribution in [0.3, 0.4) is 0 Å². The molecule has 21 heavy (non-hydrogen) atoms. The third-order valence-electron chi connectivity index (χ3n) is 2.57. The lowest BCUT2D eigenvalue weighted by atomic mass is 10.2. The molecule has 0 fully saturated rings. The van der Waals surface area contributed by atoms with Crippen LogP contribution in [0.5, 0.6) is 5.75 Å². The Morgan fingerprint density at radius 3 is 2.86 bits per heavy atom. The van der Waals surface area contributed by atoms with Gasteiger partial charge < -0.3 is 15.4 Å². The Kier molecular flexibility index (Phi) is 7.27. The molecule has 0 aliphatic rings. The Balaban J connectivity index is 2.52. The predicted molar refractivity (Wildman–Crippen MR) is 80.3 cm³/mol. The van der Waals surface area contributed by atoms with E-state index in [1.165, 1.54) is 12.1 Å². The number of terminal acetylenes is 1. The van der Waals surface area contributed by atoms with Gasteiger partial charge in [-0.05, 0) is 30.2 Å². The van der Waals surface area contributed by atoms with Gasteiger partial charge in [0.25, 0.3) is 5.91 Å². The van der Waals surface area contributed by atoms with Gasteiger partial charge in [-0.2, -0.15) is 0 Å². The van der Waals surface area contributed by atoms with E-state index < -0.39 is 5.82 Å². The van der Waals surface area contributed by atoms with Crippen LogP contribution in [-0.4, -0.2) is 25.6 Å². The van der Waals surface area contributed by atoms with Crippen molar-refractivity contribution in [2.24, 2.45) is 5.92 Å². The molecule has 0 bridgehead atoms. The average Bonchev–Trinajstić information content (AvgIpc) is 2.42. The molecule has 0 heterocycles. The minimum atomic E-state index is -0.391. The van der Waals surface area contributed by atoms with Crippen molar-refractivity contribution in [1.29, 1.82) is 0 Å². The Morgan fingerprint density at radius 2 is 2.19 bits per heavy atom. The summed E-state index contributed by atoms with van der Waals surface area (Å²) in [6, 6.07) is 4.41. The molecule has 0 aliphatic carbocycles. The highest BCUT2D eigenvalue weighted by atomic mass is 19.1. The molecule has 0 spiro atoms. The lowest BCUT2D eigenvalue weighted by Gasteiger charge is -2.10. The van der Waals surface area contributed by atoms with Crippen LogP contribution in [0.2, 0.25) is 0 Å². The molecule has 1 aromatic carbocycles. The lowest BCUT2D eigenvalue weighted by Crippen LogP contribution is -2.29. The molecule has 0 saturated carbocycles. The van der Waals surface area contributed by atoms with E-state index in [1.807, 2.05) is 0 Å². The topological polar surface area (TPSA) is 50.4 Å². The third kappa shape index (κ3) is 7.33. The number of ether oxygens (including phenoxy) is 1. The van der Waals surface area contributed by atoms with Crippen molar-refractivity contribution < 1.29 is 13.9 Å². The fraction of sp³-hybridized carbons (Fsp3) is 0.438. The summed E-state index contributed by atoms with van der Waals surface area (Å²) in [4.78, 5) is 11.4. The fourth-order valence-electron chi connectivity index (χ4n) is 1.66. The van der Waals surface area contributed by atoms with Gasteiger partial charge in [0.1, 0.15) is 11.6 Å². The average molecular weight is 292 g/mol. The zero-order valence-corrected chi connectivity index (χ0v) is 12.4. The fourth-order valence-corrected chi connectivity index (χ4v) is 1.66. The maximum absolute atomic E-state index is 13.5. The van der Waals surface area contributed by atoms with Gasteiger partial charge in [-0.15, -0.1) is 6.42 Å². The lowest BCUT2D eigenvalue weighted by molar-refractivity contribution is -0.122. The van der Waals surface area contributed by atoms with Gasteiger partial charge in [-0.3, -0.25) is 4.79 Å². The van der Waals surface area contributed by atoms with E-state index in [1.54, 1.807) is 6.07 Å². The number of amides is 1. The smallest absolute Gasteiger partial charge is 0.258 e. The van der Waals surface area contributed by atoms with Crippen molar-refractivity contribution >= 4 is 5.91 Å². The molecule has 1 aromatic rings. The number of rotatable bonds is 8. The number of halogens is 1. The second kappa shape index (κ2) is 8.98. The molecule has 0 radical (unpaired) electrons. The van der Waals surface area contributed by atoms with E-state index in [0.29, 0.717) is 18.2 Å². The highest BCUT2D eigenvalue weighted by molar-refractivity contribution is 5.77. The van der Waals surface area contributed by atoms with Crippen molar-refractivity contribution in [1.82, 2.24) is 10.6 Å². The molecule has 5 heteroatoms. The van der Waals surface area contributed by atoms with Gasteiger partial charge in [-0.25, -0.2) is 4.39 Å². The van der Waals surface area contributed by atoms with Crippen molar-refractivity contribution in [3.63, 3.8) is 0 Å². The van der Waals surface area contributed by atoms with E-state index in [2.05, 4.69) is 30.4 Å². The number of benzene rings is 1. The van der Waals surface area contributed by atoms with Gasteiger partial charge in [0.05, 0.1) is 6.54 Å². The summed E-state index contributed by atoms with van der Waals surface area (Å²) in [5, 5.41) is 5.70. The van der Waals surface area contributed by atoms with Crippen molar-refractivity contribution in [2.75, 3.05) is 19.7 Å². The highest BCUT2D eigenvalue weighted by Crippen LogP contribution is 2.16. The molecule has 0 saturated heterocycles. The first-order valence-electron chi connectivity index (χ1n) is 6.84. The SMILES string of the molecule is C#CCNC(=O)COc1cc(F)cc(CNCC(C)C)c1. The summed E-state index contributed by atoms with van der Waals surface area (Å²) in [7, 11) is 0. The first-order valence-corrected chi connectivity index (χ1v) is 6.84. The molecule has 1 amide bonds. The van der Waals surface area contributed by atoms with Crippen molar-refractivity contribution in [2.45, 2.75) is 20.4 Å². The molecule has 2 N–H and O–H groups in total. The van der Waals surface area contributed by atoms with Crippen LogP contribution in [0.1, 0.15) is 19.4 Å². The number of nitrogens with one attached hydrogen (secondary N) is 2. The van der Waals surface area contributed by atoms with Gasteiger partial charge in [0.15, 0.2) is 6.61 Å². The molecule has 114 valence electrons. The summed E-state index contributed by atoms with van der Waals surface area (Å²) in [6.07, 6.45) is 5.03. The van der Waals surface area contributed by atoms with E-state index in [4.69, 9.17) is 11.2 Å². The summed E-state index contributed by atoms with van der Waals surface area (Å²) in [5.74, 6) is 2.41. The van der Waals surface area contributed by atoms with Crippen LogP contribution in [0, 0.1) is 24.1 Å². The van der Waals surface area contributed by atoms with Crippen LogP contribution in [0.4, 0.5) is 4.39 Å². The van der Waals surface area contributed by atoms with Crippen LogP contribution in [-0.2, 0) is 11.3 Å². The molecule has 0 unspecified atom stereocenters. The third-order valence-corrected chi connectivity index (χ3v) is 2.57.